The van der Waals surface area contributed by atoms with Crippen LogP contribution in [0.25, 0.3) is 0 Å². The monoisotopic (exact) mass is 311 g/mol. The van der Waals surface area contributed by atoms with Gasteiger partial charge in [-0.3, -0.25) is 9.69 Å². The number of carbonyl (C=O) groups is 1. The van der Waals surface area contributed by atoms with Crippen molar-refractivity contribution in [2.75, 3.05) is 26.2 Å². The van der Waals surface area contributed by atoms with Gasteiger partial charge >= 0.3 is 0 Å². The van der Waals surface area contributed by atoms with Crippen molar-refractivity contribution in [2.24, 2.45) is 0 Å². The van der Waals surface area contributed by atoms with Crippen molar-refractivity contribution in [1.82, 2.24) is 15.2 Å². The summed E-state index contributed by atoms with van der Waals surface area (Å²) in [6.07, 6.45) is 5.75. The largest absolute Gasteiger partial charge is 0.395 e. The van der Waals surface area contributed by atoms with E-state index in [2.05, 4.69) is 15.2 Å². The standard InChI is InChI=1S/C15H22ClN3O2/c16-14-13(6-3-8-17-14)15(21)18-7-1-2-9-19-10-4-5-12(19)11-20/h3,6,8,12,20H,1-2,4-5,7,9-11H2,(H,18,21). The minimum Gasteiger partial charge on any atom is -0.395 e. The highest BCUT2D eigenvalue weighted by molar-refractivity contribution is 6.32. The Labute approximate surface area is 130 Å². The Morgan fingerprint density at radius 3 is 3.14 bits per heavy atom. The van der Waals surface area contributed by atoms with Crippen molar-refractivity contribution in [3.05, 3.63) is 29.0 Å². The fourth-order valence-electron chi connectivity index (χ4n) is 2.69. The van der Waals surface area contributed by atoms with Crippen LogP contribution in [0.15, 0.2) is 18.3 Å². The number of nitrogens with one attached hydrogen (secondary N) is 1. The van der Waals surface area contributed by atoms with Gasteiger partial charge in [0.05, 0.1) is 12.2 Å². The molecule has 1 aliphatic rings. The molecule has 1 aromatic rings. The van der Waals surface area contributed by atoms with E-state index in [1.807, 2.05) is 0 Å². The third-order valence-electron chi connectivity index (χ3n) is 3.87. The number of hydrogen-bond donors (Lipinski definition) is 2. The summed E-state index contributed by atoms with van der Waals surface area (Å²) in [7, 11) is 0. The Kier molecular flexibility index (Phi) is 6.42. The number of hydrogen-bond acceptors (Lipinski definition) is 4. The van der Waals surface area contributed by atoms with Crippen LogP contribution >= 0.6 is 11.6 Å². The first-order valence-electron chi connectivity index (χ1n) is 7.46. The van der Waals surface area contributed by atoms with Crippen molar-refractivity contribution in [1.29, 1.82) is 0 Å². The molecule has 1 atom stereocenters. The maximum Gasteiger partial charge on any atom is 0.254 e. The zero-order valence-corrected chi connectivity index (χ0v) is 12.9. The molecule has 1 amide bonds. The third kappa shape index (κ3) is 4.66. The lowest BCUT2D eigenvalue weighted by Crippen LogP contribution is -2.33. The van der Waals surface area contributed by atoms with E-state index in [0.717, 1.165) is 32.4 Å². The summed E-state index contributed by atoms with van der Waals surface area (Å²) in [4.78, 5) is 18.1. The van der Waals surface area contributed by atoms with Gasteiger partial charge in [-0.1, -0.05) is 11.6 Å². The number of halogens is 1. The van der Waals surface area contributed by atoms with Crippen molar-refractivity contribution in [2.45, 2.75) is 31.7 Å². The summed E-state index contributed by atoms with van der Waals surface area (Å²) in [5.74, 6) is -0.178. The molecule has 0 radical (unpaired) electrons. The molecule has 2 heterocycles. The summed E-state index contributed by atoms with van der Waals surface area (Å²) in [6, 6.07) is 3.69. The Hall–Kier alpha value is -1.17. The number of unbranched alkanes of at least 4 members (excludes halogenated alkanes) is 1. The molecule has 5 nitrogen and oxygen atoms in total. The van der Waals surface area contributed by atoms with Crippen molar-refractivity contribution in [3.8, 4) is 0 Å². The van der Waals surface area contributed by atoms with Gasteiger partial charge in [-0.25, -0.2) is 4.98 Å². The van der Waals surface area contributed by atoms with Gasteiger partial charge in [0.25, 0.3) is 5.91 Å². The molecular weight excluding hydrogens is 290 g/mol. The molecule has 1 fully saturated rings. The van der Waals surface area contributed by atoms with E-state index in [1.165, 1.54) is 6.42 Å². The molecule has 1 saturated heterocycles. The van der Waals surface area contributed by atoms with E-state index in [9.17, 15) is 9.90 Å². The average molecular weight is 312 g/mol. The highest BCUT2D eigenvalue weighted by atomic mass is 35.5. The third-order valence-corrected chi connectivity index (χ3v) is 4.17. The van der Waals surface area contributed by atoms with Crippen molar-refractivity contribution in [3.63, 3.8) is 0 Å². The molecule has 2 rings (SSSR count). The second-order valence-corrected chi connectivity index (χ2v) is 5.68. The number of aliphatic hydroxyl groups excluding tert-OH is 1. The molecule has 2 N–H and O–H groups in total. The number of rotatable bonds is 7. The first-order chi connectivity index (χ1) is 10.2. The summed E-state index contributed by atoms with van der Waals surface area (Å²) >= 11 is 5.88. The Morgan fingerprint density at radius 2 is 2.38 bits per heavy atom. The number of carbonyl (C=O) groups excluding carboxylic acids is 1. The minimum absolute atomic E-state index is 0.178. The molecule has 21 heavy (non-hydrogen) atoms. The molecule has 0 bridgehead atoms. The van der Waals surface area contributed by atoms with Gasteiger partial charge in [0, 0.05) is 18.8 Å². The van der Waals surface area contributed by atoms with Crippen LogP contribution in [0.3, 0.4) is 0 Å². The zero-order chi connectivity index (χ0) is 15.1. The molecule has 0 aliphatic carbocycles. The first-order valence-corrected chi connectivity index (χ1v) is 7.84. The highest BCUT2D eigenvalue weighted by Gasteiger charge is 2.22. The lowest BCUT2D eigenvalue weighted by Gasteiger charge is -2.22. The van der Waals surface area contributed by atoms with Gasteiger partial charge in [-0.15, -0.1) is 0 Å². The fourth-order valence-corrected chi connectivity index (χ4v) is 2.89. The second-order valence-electron chi connectivity index (χ2n) is 5.32. The minimum atomic E-state index is -0.178. The molecular formula is C15H22ClN3O2. The van der Waals surface area contributed by atoms with Crippen LogP contribution in [0, 0.1) is 0 Å². The maximum atomic E-state index is 11.9. The van der Waals surface area contributed by atoms with E-state index in [1.54, 1.807) is 18.3 Å². The number of aliphatic hydroxyl groups is 1. The SMILES string of the molecule is O=C(NCCCCN1CCCC1CO)c1cccnc1Cl. The van der Waals surface area contributed by atoms with E-state index in [4.69, 9.17) is 11.6 Å². The van der Waals surface area contributed by atoms with Crippen LogP contribution in [-0.2, 0) is 0 Å². The highest BCUT2D eigenvalue weighted by Crippen LogP contribution is 2.17. The maximum absolute atomic E-state index is 11.9. The summed E-state index contributed by atoms with van der Waals surface area (Å²) in [5, 5.41) is 12.3. The Balaban J connectivity index is 1.64. The number of pyridine rings is 1. The molecule has 6 heteroatoms. The number of nitrogens with zero attached hydrogens (tertiary/aromatic N) is 2. The summed E-state index contributed by atoms with van der Waals surface area (Å²) in [6.45, 7) is 2.93. The van der Waals surface area contributed by atoms with E-state index >= 15 is 0 Å². The molecule has 1 aliphatic heterocycles. The van der Waals surface area contributed by atoms with Crippen LogP contribution in [0.4, 0.5) is 0 Å². The van der Waals surface area contributed by atoms with Gasteiger partial charge in [0.2, 0.25) is 0 Å². The molecule has 1 aromatic heterocycles. The van der Waals surface area contributed by atoms with E-state index in [-0.39, 0.29) is 17.7 Å². The predicted molar refractivity (Wildman–Crippen MR) is 82.5 cm³/mol. The van der Waals surface area contributed by atoms with Gasteiger partial charge < -0.3 is 10.4 Å². The fraction of sp³-hybridized carbons (Fsp3) is 0.600. The Morgan fingerprint density at radius 1 is 1.52 bits per heavy atom. The van der Waals surface area contributed by atoms with Gasteiger partial charge in [-0.05, 0) is 50.9 Å². The quantitative estimate of drug-likeness (QED) is 0.594. The molecule has 0 saturated carbocycles. The van der Waals surface area contributed by atoms with Crippen LogP contribution < -0.4 is 5.32 Å². The molecule has 116 valence electrons. The molecule has 1 unspecified atom stereocenters. The number of likely N-dealkylation sites (tertiary alicyclic amines) is 1. The van der Waals surface area contributed by atoms with Gasteiger partial charge in [0.15, 0.2) is 0 Å². The molecule has 0 aromatic carbocycles. The van der Waals surface area contributed by atoms with Crippen LogP contribution in [0.5, 0.6) is 0 Å². The molecule has 0 spiro atoms. The summed E-state index contributed by atoms with van der Waals surface area (Å²) in [5.41, 5.74) is 0.416. The average Bonchev–Trinajstić information content (AvgIpc) is 2.94. The van der Waals surface area contributed by atoms with Gasteiger partial charge in [-0.2, -0.15) is 0 Å². The van der Waals surface area contributed by atoms with E-state index < -0.39 is 0 Å². The second kappa shape index (κ2) is 8.32. The summed E-state index contributed by atoms with van der Waals surface area (Å²) < 4.78 is 0. The van der Waals surface area contributed by atoms with Crippen LogP contribution in [0.2, 0.25) is 5.15 Å². The van der Waals surface area contributed by atoms with Crippen molar-refractivity contribution < 1.29 is 9.90 Å². The van der Waals surface area contributed by atoms with Crippen LogP contribution in [0.1, 0.15) is 36.0 Å². The predicted octanol–water partition coefficient (Wildman–Crippen LogP) is 1.70. The van der Waals surface area contributed by atoms with E-state index in [0.29, 0.717) is 18.2 Å². The normalized spacial score (nSPS) is 18.9. The van der Waals surface area contributed by atoms with Crippen LogP contribution in [-0.4, -0.2) is 53.2 Å². The lowest BCUT2D eigenvalue weighted by molar-refractivity contribution is 0.0952. The zero-order valence-electron chi connectivity index (χ0n) is 12.1. The van der Waals surface area contributed by atoms with Crippen molar-refractivity contribution >= 4 is 17.5 Å². The number of aromatic nitrogens is 1. The Bertz CT molecular complexity index is 470. The first kappa shape index (κ1) is 16.2. The lowest BCUT2D eigenvalue weighted by atomic mass is 10.2. The smallest absolute Gasteiger partial charge is 0.254 e. The number of amides is 1. The van der Waals surface area contributed by atoms with Gasteiger partial charge in [0.1, 0.15) is 5.15 Å². The topological polar surface area (TPSA) is 65.5 Å².